The second kappa shape index (κ2) is 3.80. The first-order chi connectivity index (χ1) is 6.09. The molecule has 1 N–H and O–H groups in total. The minimum Gasteiger partial charge on any atom is -0.318 e. The Morgan fingerprint density at radius 3 is 2.54 bits per heavy atom. The number of nitrogens with one attached hydrogen (secondary N) is 1. The Morgan fingerprint density at radius 1 is 1.38 bits per heavy atom. The topological polar surface area (TPSA) is 59.1 Å². The molecule has 0 aliphatic rings. The van der Waals surface area contributed by atoms with E-state index in [1.54, 1.807) is 12.1 Å². The first-order valence-corrected chi connectivity index (χ1v) is 3.84. The molecular weight excluding hydrogens is 168 g/mol. The maximum Gasteiger partial charge on any atom is 0.291 e. The minimum absolute atomic E-state index is 0.513. The lowest BCUT2D eigenvalue weighted by Gasteiger charge is -2.01. The van der Waals surface area contributed by atoms with E-state index in [1.807, 2.05) is 6.92 Å². The summed E-state index contributed by atoms with van der Waals surface area (Å²) in [6.45, 7) is 3.06. The Hall–Kier alpha value is -1.71. The van der Waals surface area contributed by atoms with Gasteiger partial charge in [-0.25, -0.2) is 0 Å². The Kier molecular flexibility index (Phi) is 2.74. The lowest BCUT2D eigenvalue weighted by atomic mass is 10.3. The first-order valence-electron chi connectivity index (χ1n) is 3.84. The molecule has 0 fully saturated rings. The van der Waals surface area contributed by atoms with Crippen molar-refractivity contribution in [1.29, 1.82) is 0 Å². The molecule has 13 heavy (non-hydrogen) atoms. The zero-order chi connectivity index (χ0) is 9.84. The Morgan fingerprint density at radius 2 is 2.08 bits per heavy atom. The fourth-order valence-electron chi connectivity index (χ4n) is 0.761. The van der Waals surface area contributed by atoms with Gasteiger partial charge in [-0.05, 0) is 19.1 Å². The summed E-state index contributed by atoms with van der Waals surface area (Å²) in [7, 11) is 0. The van der Waals surface area contributed by atoms with Crippen molar-refractivity contribution >= 4 is 17.4 Å². The van der Waals surface area contributed by atoms with Crippen molar-refractivity contribution in [1.82, 2.24) is 4.98 Å². The number of hydrogen-bond donors (Lipinski definition) is 1. The third-order valence-electron chi connectivity index (χ3n) is 1.49. The number of hydrogen-bond acceptors (Lipinski definition) is 3. The SMILES string of the molecule is CC(=O)C(=O)Nc1ccc(C)nc1. The normalized spacial score (nSPS) is 9.38. The molecule has 4 nitrogen and oxygen atoms in total. The summed E-state index contributed by atoms with van der Waals surface area (Å²) >= 11 is 0. The second-order valence-electron chi connectivity index (χ2n) is 2.70. The number of aromatic nitrogens is 1. The van der Waals surface area contributed by atoms with Crippen LogP contribution in [0.2, 0.25) is 0 Å². The fraction of sp³-hybridized carbons (Fsp3) is 0.222. The van der Waals surface area contributed by atoms with Gasteiger partial charge in [-0.1, -0.05) is 0 Å². The van der Waals surface area contributed by atoms with E-state index in [0.29, 0.717) is 5.69 Å². The molecule has 1 aromatic heterocycles. The van der Waals surface area contributed by atoms with Crippen LogP contribution < -0.4 is 5.32 Å². The van der Waals surface area contributed by atoms with Gasteiger partial charge in [-0.15, -0.1) is 0 Å². The summed E-state index contributed by atoms with van der Waals surface area (Å²) in [6, 6.07) is 3.46. The molecule has 0 aliphatic heterocycles. The van der Waals surface area contributed by atoms with Gasteiger partial charge in [0.2, 0.25) is 5.78 Å². The molecule has 0 saturated heterocycles. The molecule has 1 heterocycles. The van der Waals surface area contributed by atoms with E-state index in [0.717, 1.165) is 5.69 Å². The number of carbonyl (C=O) groups excluding carboxylic acids is 2. The van der Waals surface area contributed by atoms with Gasteiger partial charge >= 0.3 is 0 Å². The van der Waals surface area contributed by atoms with E-state index in [1.165, 1.54) is 13.1 Å². The summed E-state index contributed by atoms with van der Waals surface area (Å²) < 4.78 is 0. The maximum atomic E-state index is 10.9. The summed E-state index contributed by atoms with van der Waals surface area (Å²) in [5.41, 5.74) is 1.40. The molecule has 0 bridgehead atoms. The number of carbonyl (C=O) groups is 2. The van der Waals surface area contributed by atoms with Crippen LogP contribution in [0.1, 0.15) is 12.6 Å². The number of aryl methyl sites for hydroxylation is 1. The molecule has 0 aromatic carbocycles. The number of ketones is 1. The molecule has 4 heteroatoms. The third-order valence-corrected chi connectivity index (χ3v) is 1.49. The maximum absolute atomic E-state index is 10.9. The monoisotopic (exact) mass is 178 g/mol. The largest absolute Gasteiger partial charge is 0.318 e. The third kappa shape index (κ3) is 2.66. The van der Waals surface area contributed by atoms with Crippen molar-refractivity contribution in [3.8, 4) is 0 Å². The molecule has 0 spiro atoms. The highest BCUT2D eigenvalue weighted by Crippen LogP contribution is 2.04. The van der Waals surface area contributed by atoms with E-state index < -0.39 is 11.7 Å². The van der Waals surface area contributed by atoms with Gasteiger partial charge in [0.15, 0.2) is 0 Å². The highest BCUT2D eigenvalue weighted by Gasteiger charge is 2.06. The summed E-state index contributed by atoms with van der Waals surface area (Å²) in [4.78, 5) is 25.5. The van der Waals surface area contributed by atoms with Gasteiger partial charge in [0.05, 0.1) is 11.9 Å². The molecule has 0 aliphatic carbocycles. The van der Waals surface area contributed by atoms with Crippen LogP contribution in [0.25, 0.3) is 0 Å². The first kappa shape index (κ1) is 9.38. The quantitative estimate of drug-likeness (QED) is 0.685. The van der Waals surface area contributed by atoms with Crippen molar-refractivity contribution in [2.24, 2.45) is 0 Å². The van der Waals surface area contributed by atoms with Crippen molar-refractivity contribution in [3.63, 3.8) is 0 Å². The standard InChI is InChI=1S/C9H10N2O2/c1-6-3-4-8(5-10-6)11-9(13)7(2)12/h3-5H,1-2H3,(H,11,13). The van der Waals surface area contributed by atoms with Crippen LogP contribution >= 0.6 is 0 Å². The summed E-state index contributed by atoms with van der Waals surface area (Å²) in [5, 5.41) is 2.42. The molecule has 0 unspecified atom stereocenters. The smallest absolute Gasteiger partial charge is 0.291 e. The number of amides is 1. The molecule has 1 aromatic rings. The van der Waals surface area contributed by atoms with E-state index in [-0.39, 0.29) is 0 Å². The zero-order valence-corrected chi connectivity index (χ0v) is 7.50. The molecule has 0 radical (unpaired) electrons. The van der Waals surface area contributed by atoms with Crippen LogP contribution in [0.15, 0.2) is 18.3 Å². The van der Waals surface area contributed by atoms with Crippen LogP contribution in [0.5, 0.6) is 0 Å². The van der Waals surface area contributed by atoms with E-state index in [9.17, 15) is 9.59 Å². The second-order valence-corrected chi connectivity index (χ2v) is 2.70. The molecule has 1 amide bonds. The molecular formula is C9H10N2O2. The van der Waals surface area contributed by atoms with Gasteiger partial charge < -0.3 is 5.32 Å². The summed E-state index contributed by atoms with van der Waals surface area (Å²) in [6.07, 6.45) is 1.51. The van der Waals surface area contributed by atoms with Crippen molar-refractivity contribution in [2.45, 2.75) is 13.8 Å². The van der Waals surface area contributed by atoms with Gasteiger partial charge in [0.1, 0.15) is 0 Å². The van der Waals surface area contributed by atoms with Crippen LogP contribution in [0, 0.1) is 6.92 Å². The highest BCUT2D eigenvalue weighted by atomic mass is 16.2. The summed E-state index contributed by atoms with van der Waals surface area (Å²) in [5.74, 6) is -1.13. The zero-order valence-electron chi connectivity index (χ0n) is 7.50. The van der Waals surface area contributed by atoms with Crippen LogP contribution in [-0.2, 0) is 9.59 Å². The Balaban J connectivity index is 2.70. The van der Waals surface area contributed by atoms with Crippen molar-refractivity contribution in [2.75, 3.05) is 5.32 Å². The minimum atomic E-state index is -0.620. The van der Waals surface area contributed by atoms with Crippen LogP contribution in [0.3, 0.4) is 0 Å². The highest BCUT2D eigenvalue weighted by molar-refractivity contribution is 6.39. The van der Waals surface area contributed by atoms with Gasteiger partial charge in [-0.3, -0.25) is 14.6 Å². The Labute approximate surface area is 76.0 Å². The number of pyridine rings is 1. The number of nitrogens with zero attached hydrogens (tertiary/aromatic N) is 1. The molecule has 0 saturated carbocycles. The predicted octanol–water partition coefficient (Wildman–Crippen LogP) is 0.918. The average molecular weight is 178 g/mol. The number of Topliss-reactive ketones (excluding diaryl/α,β-unsaturated/α-hetero) is 1. The lowest BCUT2D eigenvalue weighted by molar-refractivity contribution is -0.133. The fourth-order valence-corrected chi connectivity index (χ4v) is 0.761. The van der Waals surface area contributed by atoms with E-state index >= 15 is 0 Å². The molecule has 68 valence electrons. The number of rotatable bonds is 2. The van der Waals surface area contributed by atoms with Crippen molar-refractivity contribution < 1.29 is 9.59 Å². The predicted molar refractivity (Wildman–Crippen MR) is 48.3 cm³/mol. The van der Waals surface area contributed by atoms with Gasteiger partial charge in [0, 0.05) is 12.6 Å². The van der Waals surface area contributed by atoms with Crippen LogP contribution in [0.4, 0.5) is 5.69 Å². The van der Waals surface area contributed by atoms with Crippen molar-refractivity contribution in [3.05, 3.63) is 24.0 Å². The van der Waals surface area contributed by atoms with Gasteiger partial charge in [0.25, 0.3) is 5.91 Å². The Bertz CT molecular complexity index is 330. The average Bonchev–Trinajstić information content (AvgIpc) is 2.08. The molecule has 0 atom stereocenters. The number of anilines is 1. The van der Waals surface area contributed by atoms with E-state index in [4.69, 9.17) is 0 Å². The lowest BCUT2D eigenvalue weighted by Crippen LogP contribution is -2.19. The van der Waals surface area contributed by atoms with Gasteiger partial charge in [-0.2, -0.15) is 0 Å². The van der Waals surface area contributed by atoms with E-state index in [2.05, 4.69) is 10.3 Å². The van der Waals surface area contributed by atoms with Crippen LogP contribution in [-0.4, -0.2) is 16.7 Å². The molecule has 1 rings (SSSR count).